The SMILES string of the molecule is CC(C(=O)c1cccs1)N1CCN(CCO)CC1. The van der Waals surface area contributed by atoms with E-state index in [1.54, 1.807) is 0 Å². The maximum atomic E-state index is 12.2. The standard InChI is InChI=1S/C13H20N2O2S/c1-11(13(17)12-3-2-10-18-12)15-6-4-14(5-7-15)8-9-16/h2-3,10-11,16H,4-9H2,1H3. The van der Waals surface area contributed by atoms with Crippen molar-refractivity contribution in [2.75, 3.05) is 39.3 Å². The zero-order chi connectivity index (χ0) is 13.0. The largest absolute Gasteiger partial charge is 0.395 e. The number of nitrogens with zero attached hydrogens (tertiary/aromatic N) is 2. The van der Waals surface area contributed by atoms with Crippen LogP contribution in [0.4, 0.5) is 0 Å². The van der Waals surface area contributed by atoms with Crippen molar-refractivity contribution < 1.29 is 9.90 Å². The molecule has 1 aromatic rings. The van der Waals surface area contributed by atoms with Crippen LogP contribution in [0.15, 0.2) is 17.5 Å². The van der Waals surface area contributed by atoms with Gasteiger partial charge in [0.15, 0.2) is 5.78 Å². The molecule has 1 saturated heterocycles. The first-order valence-corrected chi connectivity index (χ1v) is 7.25. The highest BCUT2D eigenvalue weighted by Crippen LogP contribution is 2.15. The fourth-order valence-electron chi connectivity index (χ4n) is 2.31. The Morgan fingerprint density at radius 1 is 1.44 bits per heavy atom. The Labute approximate surface area is 112 Å². The van der Waals surface area contributed by atoms with Gasteiger partial charge in [-0.2, -0.15) is 0 Å². The molecular formula is C13H20N2O2S. The molecule has 100 valence electrons. The van der Waals surface area contributed by atoms with Gasteiger partial charge in [0.05, 0.1) is 17.5 Å². The van der Waals surface area contributed by atoms with Crippen molar-refractivity contribution in [2.45, 2.75) is 13.0 Å². The van der Waals surface area contributed by atoms with E-state index in [2.05, 4.69) is 9.80 Å². The molecule has 2 rings (SSSR count). The molecule has 5 heteroatoms. The van der Waals surface area contributed by atoms with Crippen molar-refractivity contribution >= 4 is 17.1 Å². The Bertz CT molecular complexity index is 372. The summed E-state index contributed by atoms with van der Waals surface area (Å²) in [5.74, 6) is 0.223. The number of Topliss-reactive ketones (excluding diaryl/α,β-unsaturated/α-hetero) is 1. The fourth-order valence-corrected chi connectivity index (χ4v) is 3.05. The Morgan fingerprint density at radius 3 is 2.72 bits per heavy atom. The molecule has 1 aliphatic rings. The molecule has 0 aliphatic carbocycles. The van der Waals surface area contributed by atoms with Crippen molar-refractivity contribution in [1.82, 2.24) is 9.80 Å². The molecule has 4 nitrogen and oxygen atoms in total. The van der Waals surface area contributed by atoms with Gasteiger partial charge in [-0.15, -0.1) is 11.3 Å². The summed E-state index contributed by atoms with van der Waals surface area (Å²) in [6.45, 7) is 6.61. The Hall–Kier alpha value is -0.750. The number of thiophene rings is 1. The van der Waals surface area contributed by atoms with E-state index in [9.17, 15) is 4.79 Å². The summed E-state index contributed by atoms with van der Waals surface area (Å²) in [5, 5.41) is 10.8. The first-order chi connectivity index (χ1) is 8.72. The third-order valence-electron chi connectivity index (χ3n) is 3.51. The van der Waals surface area contributed by atoms with Gasteiger partial charge in [-0.25, -0.2) is 0 Å². The van der Waals surface area contributed by atoms with Gasteiger partial charge in [0.1, 0.15) is 0 Å². The number of rotatable bonds is 5. The molecular weight excluding hydrogens is 248 g/mol. The number of β-amino-alcohol motifs (C(OH)–C–C–N with tert-alkyl or cyclic N) is 1. The maximum Gasteiger partial charge on any atom is 0.189 e. The molecule has 18 heavy (non-hydrogen) atoms. The van der Waals surface area contributed by atoms with Crippen LogP contribution in [0.1, 0.15) is 16.6 Å². The van der Waals surface area contributed by atoms with Crippen LogP contribution < -0.4 is 0 Å². The highest BCUT2D eigenvalue weighted by atomic mass is 32.1. The summed E-state index contributed by atoms with van der Waals surface area (Å²) in [5.41, 5.74) is 0. The minimum absolute atomic E-state index is 0.0417. The smallest absolute Gasteiger partial charge is 0.189 e. The molecule has 0 bridgehead atoms. The van der Waals surface area contributed by atoms with Crippen LogP contribution in [0.3, 0.4) is 0 Å². The van der Waals surface area contributed by atoms with E-state index in [1.165, 1.54) is 11.3 Å². The highest BCUT2D eigenvalue weighted by molar-refractivity contribution is 7.12. The van der Waals surface area contributed by atoms with Gasteiger partial charge < -0.3 is 5.11 Å². The van der Waals surface area contributed by atoms with E-state index in [0.717, 1.165) is 37.6 Å². The third-order valence-corrected chi connectivity index (χ3v) is 4.40. The summed E-state index contributed by atoms with van der Waals surface area (Å²) >= 11 is 1.51. The molecule has 1 unspecified atom stereocenters. The molecule has 0 spiro atoms. The predicted molar refractivity (Wildman–Crippen MR) is 73.2 cm³/mol. The van der Waals surface area contributed by atoms with E-state index < -0.39 is 0 Å². The zero-order valence-corrected chi connectivity index (χ0v) is 11.5. The molecule has 1 N–H and O–H groups in total. The number of aliphatic hydroxyl groups excluding tert-OH is 1. The first-order valence-electron chi connectivity index (χ1n) is 6.37. The molecule has 0 saturated carbocycles. The van der Waals surface area contributed by atoms with Gasteiger partial charge in [-0.1, -0.05) is 6.07 Å². The minimum Gasteiger partial charge on any atom is -0.395 e. The normalized spacial score (nSPS) is 19.9. The van der Waals surface area contributed by atoms with Crippen molar-refractivity contribution in [3.63, 3.8) is 0 Å². The quantitative estimate of drug-likeness (QED) is 0.807. The number of ketones is 1. The van der Waals surface area contributed by atoms with Gasteiger partial charge in [-0.05, 0) is 18.4 Å². The average Bonchev–Trinajstić information content (AvgIpc) is 2.92. The average molecular weight is 268 g/mol. The molecule has 1 aliphatic heterocycles. The van der Waals surface area contributed by atoms with Gasteiger partial charge >= 0.3 is 0 Å². The number of carbonyl (C=O) groups excluding carboxylic acids is 1. The second-order valence-electron chi connectivity index (χ2n) is 4.62. The molecule has 1 atom stereocenters. The Balaban J connectivity index is 1.87. The highest BCUT2D eigenvalue weighted by Gasteiger charge is 2.26. The Morgan fingerprint density at radius 2 is 2.17 bits per heavy atom. The Kier molecular flexibility index (Phi) is 4.88. The van der Waals surface area contributed by atoms with E-state index in [-0.39, 0.29) is 18.4 Å². The molecule has 0 amide bonds. The van der Waals surface area contributed by atoms with Gasteiger partial charge in [0, 0.05) is 32.7 Å². The topological polar surface area (TPSA) is 43.8 Å². The monoisotopic (exact) mass is 268 g/mol. The summed E-state index contributed by atoms with van der Waals surface area (Å²) in [6.07, 6.45) is 0. The first kappa shape index (κ1) is 13.7. The van der Waals surface area contributed by atoms with Gasteiger partial charge in [-0.3, -0.25) is 14.6 Å². The van der Waals surface area contributed by atoms with Crippen LogP contribution in [0.5, 0.6) is 0 Å². The maximum absolute atomic E-state index is 12.2. The van der Waals surface area contributed by atoms with Crippen molar-refractivity contribution in [3.8, 4) is 0 Å². The lowest BCUT2D eigenvalue weighted by atomic mass is 10.1. The molecule has 0 radical (unpaired) electrons. The molecule has 1 fully saturated rings. The number of piperazine rings is 1. The summed E-state index contributed by atoms with van der Waals surface area (Å²) in [4.78, 5) is 17.5. The van der Waals surface area contributed by atoms with Crippen molar-refractivity contribution in [2.24, 2.45) is 0 Å². The summed E-state index contributed by atoms with van der Waals surface area (Å²) < 4.78 is 0. The molecule has 2 heterocycles. The predicted octanol–water partition coefficient (Wildman–Crippen LogP) is 0.929. The number of hydrogen-bond donors (Lipinski definition) is 1. The van der Waals surface area contributed by atoms with Crippen molar-refractivity contribution in [1.29, 1.82) is 0 Å². The lowest BCUT2D eigenvalue weighted by molar-refractivity contribution is 0.0667. The van der Waals surface area contributed by atoms with Crippen LogP contribution in [0.25, 0.3) is 0 Å². The number of carbonyl (C=O) groups is 1. The molecule has 1 aromatic heterocycles. The second kappa shape index (κ2) is 6.43. The van der Waals surface area contributed by atoms with Crippen LogP contribution in [0, 0.1) is 0 Å². The van der Waals surface area contributed by atoms with Gasteiger partial charge in [0.2, 0.25) is 0 Å². The molecule has 0 aromatic carbocycles. The van der Waals surface area contributed by atoms with E-state index in [0.29, 0.717) is 0 Å². The number of hydrogen-bond acceptors (Lipinski definition) is 5. The van der Waals surface area contributed by atoms with Crippen LogP contribution >= 0.6 is 11.3 Å². The number of aliphatic hydroxyl groups is 1. The van der Waals surface area contributed by atoms with Crippen LogP contribution in [-0.2, 0) is 0 Å². The lowest BCUT2D eigenvalue weighted by Crippen LogP contribution is -2.52. The van der Waals surface area contributed by atoms with Gasteiger partial charge in [0.25, 0.3) is 0 Å². The zero-order valence-electron chi connectivity index (χ0n) is 10.7. The lowest BCUT2D eigenvalue weighted by Gasteiger charge is -2.37. The van der Waals surface area contributed by atoms with E-state index >= 15 is 0 Å². The van der Waals surface area contributed by atoms with Crippen molar-refractivity contribution in [3.05, 3.63) is 22.4 Å². The van der Waals surface area contributed by atoms with Crippen LogP contribution in [-0.4, -0.2) is 66.1 Å². The summed E-state index contributed by atoms with van der Waals surface area (Å²) in [6, 6.07) is 3.77. The third kappa shape index (κ3) is 3.17. The van der Waals surface area contributed by atoms with E-state index in [1.807, 2.05) is 24.4 Å². The van der Waals surface area contributed by atoms with E-state index in [4.69, 9.17) is 5.11 Å². The van der Waals surface area contributed by atoms with Crippen LogP contribution in [0.2, 0.25) is 0 Å². The minimum atomic E-state index is -0.0417. The summed E-state index contributed by atoms with van der Waals surface area (Å²) in [7, 11) is 0. The second-order valence-corrected chi connectivity index (χ2v) is 5.57. The fraction of sp³-hybridized carbons (Fsp3) is 0.615.